The van der Waals surface area contributed by atoms with Crippen molar-refractivity contribution in [3.8, 4) is 22.3 Å². The Kier molecular flexibility index (Phi) is 7.62. The molecule has 37 heavy (non-hydrogen) atoms. The maximum absolute atomic E-state index is 11.6. The molecule has 0 spiro atoms. The normalized spacial score (nSPS) is 11.6. The molecule has 185 valence electrons. The molecule has 6 nitrogen and oxygen atoms in total. The van der Waals surface area contributed by atoms with E-state index in [0.29, 0.717) is 21.5 Å². The minimum atomic E-state index is -0.495. The number of carbonyl (C=O) groups excluding carboxylic acids is 2. The van der Waals surface area contributed by atoms with Crippen molar-refractivity contribution < 1.29 is 26.7 Å². The summed E-state index contributed by atoms with van der Waals surface area (Å²) in [7, 11) is 0. The fraction of sp³-hybridized carbons (Fsp3) is 0.133. The Morgan fingerprint density at radius 3 is 1.30 bits per heavy atom. The first kappa shape index (κ1) is 26.3. The fourth-order valence-electron chi connectivity index (χ4n) is 4.88. The Morgan fingerprint density at radius 1 is 0.568 bits per heavy atom. The van der Waals surface area contributed by atoms with Crippen LogP contribution in [0.2, 0.25) is 0 Å². The third kappa shape index (κ3) is 5.08. The maximum atomic E-state index is 11.6. The van der Waals surface area contributed by atoms with Crippen molar-refractivity contribution in [3.63, 3.8) is 0 Å². The Balaban J connectivity index is 0.000000168. The van der Waals surface area contributed by atoms with Crippen molar-refractivity contribution in [3.05, 3.63) is 118 Å². The van der Waals surface area contributed by atoms with Gasteiger partial charge < -0.3 is 20.5 Å². The van der Waals surface area contributed by atoms with E-state index in [9.17, 15) is 20.0 Å². The van der Waals surface area contributed by atoms with Crippen LogP contribution >= 0.6 is 0 Å². The minimum Gasteiger partial charge on any atom is -0.752 e. The second kappa shape index (κ2) is 10.7. The molecule has 0 atom stereocenters. The van der Waals surface area contributed by atoms with Gasteiger partial charge in [0, 0.05) is 25.2 Å². The van der Waals surface area contributed by atoms with Gasteiger partial charge in [-0.2, -0.15) is 0 Å². The van der Waals surface area contributed by atoms with E-state index in [4.69, 9.17) is 0 Å². The van der Waals surface area contributed by atoms with E-state index >= 15 is 0 Å². The number of benzene rings is 4. The van der Waals surface area contributed by atoms with Gasteiger partial charge in [0.1, 0.15) is 0 Å². The first-order valence-corrected chi connectivity index (χ1v) is 11.7. The summed E-state index contributed by atoms with van der Waals surface area (Å²) in [6.45, 7) is 2.55. The monoisotopic (exact) mass is 531 g/mol. The second-order valence-electron chi connectivity index (χ2n) is 8.98. The van der Waals surface area contributed by atoms with Crippen LogP contribution in [0.5, 0.6) is 0 Å². The summed E-state index contributed by atoms with van der Waals surface area (Å²) in [4.78, 5) is 22.2. The first-order chi connectivity index (χ1) is 17.3. The fourth-order valence-corrected chi connectivity index (χ4v) is 4.88. The zero-order valence-corrected chi connectivity index (χ0v) is 21.6. The van der Waals surface area contributed by atoms with Gasteiger partial charge in [-0.3, -0.25) is 9.59 Å². The maximum Gasteiger partial charge on any atom is 2.00 e. The number of carbonyl (C=O) groups is 2. The molecular weight excluding hydrogens is 507 g/mol. The van der Waals surface area contributed by atoms with Crippen molar-refractivity contribution in [2.75, 3.05) is 10.1 Å². The Bertz CT molecular complexity index is 1390. The summed E-state index contributed by atoms with van der Waals surface area (Å²) >= 11 is 0. The van der Waals surface area contributed by atoms with Crippen molar-refractivity contribution in [1.29, 1.82) is 0 Å². The molecule has 0 saturated carbocycles. The number of hydrogen-bond acceptors (Lipinski definition) is 4. The molecular formula is C30H24MnN2O4. The van der Waals surface area contributed by atoms with E-state index in [1.807, 2.05) is 48.5 Å². The van der Waals surface area contributed by atoms with E-state index in [1.165, 1.54) is 36.1 Å². The largest absolute Gasteiger partial charge is 2.00 e. The average Bonchev–Trinajstić information content (AvgIpc) is 3.45. The van der Waals surface area contributed by atoms with Gasteiger partial charge in [-0.15, -0.1) is 0 Å². The van der Waals surface area contributed by atoms with E-state index in [0.717, 1.165) is 35.1 Å². The number of fused-ring (bicyclic) bond motifs is 6. The molecule has 2 aliphatic rings. The molecule has 0 bridgehead atoms. The van der Waals surface area contributed by atoms with Crippen molar-refractivity contribution >= 4 is 23.2 Å². The van der Waals surface area contributed by atoms with Crippen molar-refractivity contribution in [2.24, 2.45) is 0 Å². The van der Waals surface area contributed by atoms with E-state index in [2.05, 4.69) is 24.3 Å². The average molecular weight is 531 g/mol. The van der Waals surface area contributed by atoms with Gasteiger partial charge in [-0.1, -0.05) is 60.7 Å². The second-order valence-corrected chi connectivity index (χ2v) is 8.98. The quantitative estimate of drug-likeness (QED) is 0.196. The molecule has 0 fully saturated rings. The smallest absolute Gasteiger partial charge is 0.752 e. The molecule has 0 saturated heterocycles. The summed E-state index contributed by atoms with van der Waals surface area (Å²) < 4.78 is 0. The van der Waals surface area contributed by atoms with Crippen LogP contribution in [0.25, 0.3) is 22.3 Å². The van der Waals surface area contributed by atoms with Crippen LogP contribution < -0.4 is 10.1 Å². The van der Waals surface area contributed by atoms with Gasteiger partial charge in [-0.25, -0.2) is 0 Å². The summed E-state index contributed by atoms with van der Waals surface area (Å²) in [6, 6.07) is 27.3. The molecule has 0 aromatic heterocycles. The zero-order valence-electron chi connectivity index (χ0n) is 20.4. The van der Waals surface area contributed by atoms with Crippen LogP contribution in [0.15, 0.2) is 84.9 Å². The van der Waals surface area contributed by atoms with Gasteiger partial charge in [0.25, 0.3) is 0 Å². The number of anilines is 2. The Hall–Kier alpha value is -3.74. The molecule has 4 aromatic rings. The Morgan fingerprint density at radius 2 is 0.919 bits per heavy atom. The zero-order chi connectivity index (χ0) is 25.4. The van der Waals surface area contributed by atoms with Gasteiger partial charge in [0.05, 0.1) is 0 Å². The topological polar surface area (TPSA) is 86.7 Å². The van der Waals surface area contributed by atoms with Crippen LogP contribution in [0.4, 0.5) is 11.4 Å². The number of hydrogen-bond donors (Lipinski definition) is 0. The van der Waals surface area contributed by atoms with Crippen molar-refractivity contribution in [2.45, 2.75) is 26.7 Å². The van der Waals surface area contributed by atoms with Gasteiger partial charge in [0.15, 0.2) is 0 Å². The predicted octanol–water partition coefficient (Wildman–Crippen LogP) is 6.21. The number of hydroxylamine groups is 2. The Labute approximate surface area is 226 Å². The van der Waals surface area contributed by atoms with Gasteiger partial charge >= 0.3 is 17.1 Å². The molecule has 6 rings (SSSR count). The van der Waals surface area contributed by atoms with Crippen LogP contribution in [0.3, 0.4) is 0 Å². The minimum absolute atomic E-state index is 0. The molecule has 4 aromatic carbocycles. The number of amides is 2. The summed E-state index contributed by atoms with van der Waals surface area (Å²) in [5.74, 6) is -0.990. The molecule has 0 aliphatic heterocycles. The number of rotatable bonds is 2. The van der Waals surface area contributed by atoms with Crippen LogP contribution in [0, 0.1) is 10.4 Å². The molecule has 2 amide bonds. The summed E-state index contributed by atoms with van der Waals surface area (Å²) in [5.41, 5.74) is 10.3. The molecule has 1 radical (unpaired) electrons. The molecule has 2 aliphatic carbocycles. The standard InChI is InChI=1S/2C15H12NO2.Mn/c2*1-10(17)16(18)13-6-7-15-12(9-13)8-11-4-2-3-5-14(11)15;/h2*2-7,9H,8H2,1H3;/q2*-1;+2. The van der Waals surface area contributed by atoms with E-state index < -0.39 is 11.8 Å². The summed E-state index contributed by atoms with van der Waals surface area (Å²) in [6.07, 6.45) is 1.65. The van der Waals surface area contributed by atoms with E-state index in [-0.39, 0.29) is 17.1 Å². The molecule has 0 N–H and O–H groups in total. The SMILES string of the molecule is CC(=O)N([O-])c1ccc2c(c1)Cc1ccccc1-2.CC(=O)N([O-])c1ccc2c(c1)Cc1ccccc1-2.[Mn+2]. The van der Waals surface area contributed by atoms with Gasteiger partial charge in [-0.05, 0) is 81.6 Å². The predicted molar refractivity (Wildman–Crippen MR) is 142 cm³/mol. The molecule has 0 unspecified atom stereocenters. The van der Waals surface area contributed by atoms with Crippen LogP contribution in [-0.2, 0) is 39.5 Å². The number of nitrogens with zero attached hydrogens (tertiary/aromatic N) is 2. The van der Waals surface area contributed by atoms with Gasteiger partial charge in [0.2, 0.25) is 11.8 Å². The third-order valence-electron chi connectivity index (χ3n) is 6.60. The van der Waals surface area contributed by atoms with Crippen molar-refractivity contribution in [1.82, 2.24) is 0 Å². The van der Waals surface area contributed by atoms with Crippen LogP contribution in [-0.4, -0.2) is 11.8 Å². The first-order valence-electron chi connectivity index (χ1n) is 11.7. The molecule has 0 heterocycles. The third-order valence-corrected chi connectivity index (χ3v) is 6.60. The summed E-state index contributed by atoms with van der Waals surface area (Å²) in [5, 5.41) is 24.0. The van der Waals surface area contributed by atoms with Crippen LogP contribution in [0.1, 0.15) is 36.1 Å². The van der Waals surface area contributed by atoms with E-state index in [1.54, 1.807) is 12.1 Å². The molecule has 7 heteroatoms.